The van der Waals surface area contributed by atoms with Gasteiger partial charge >= 0.3 is 0 Å². The first-order valence-electron chi connectivity index (χ1n) is 5.32. The molecule has 0 aromatic rings. The number of hydrogen-bond acceptors (Lipinski definition) is 1. The van der Waals surface area contributed by atoms with Gasteiger partial charge in [-0.2, -0.15) is 0 Å². The van der Waals surface area contributed by atoms with Gasteiger partial charge in [-0.1, -0.05) is 32.9 Å². The van der Waals surface area contributed by atoms with Crippen molar-refractivity contribution in [3.63, 3.8) is 0 Å². The van der Waals surface area contributed by atoms with Crippen LogP contribution in [0.25, 0.3) is 0 Å². The zero-order valence-corrected chi connectivity index (χ0v) is 8.88. The molecule has 2 aliphatic rings. The largest absolute Gasteiger partial charge is 0.392 e. The molecule has 0 aromatic heterocycles. The number of fused-ring (bicyclic) bond motifs is 1. The quantitative estimate of drug-likeness (QED) is 0.568. The van der Waals surface area contributed by atoms with E-state index in [0.29, 0.717) is 11.3 Å². The van der Waals surface area contributed by atoms with Crippen molar-refractivity contribution in [3.05, 3.63) is 12.2 Å². The van der Waals surface area contributed by atoms with Gasteiger partial charge in [-0.3, -0.25) is 0 Å². The first-order valence-corrected chi connectivity index (χ1v) is 5.32. The van der Waals surface area contributed by atoms with Gasteiger partial charge in [-0.25, -0.2) is 0 Å². The second kappa shape index (κ2) is 2.60. The molecule has 0 heterocycles. The zero-order valence-electron chi connectivity index (χ0n) is 8.88. The highest BCUT2D eigenvalue weighted by atomic mass is 16.3. The van der Waals surface area contributed by atoms with E-state index < -0.39 is 0 Å². The molecule has 1 fully saturated rings. The molecule has 0 unspecified atom stereocenters. The summed E-state index contributed by atoms with van der Waals surface area (Å²) in [6.45, 7) is 6.81. The van der Waals surface area contributed by atoms with E-state index in [0.717, 1.165) is 6.42 Å². The van der Waals surface area contributed by atoms with Crippen molar-refractivity contribution in [2.45, 2.75) is 46.1 Å². The van der Waals surface area contributed by atoms with Crippen molar-refractivity contribution >= 4 is 0 Å². The molecule has 0 amide bonds. The van der Waals surface area contributed by atoms with Crippen LogP contribution in [0.4, 0.5) is 0 Å². The Morgan fingerprint density at radius 1 is 1.31 bits per heavy atom. The molecule has 2 rings (SSSR count). The van der Waals surface area contributed by atoms with Gasteiger partial charge in [0, 0.05) is 5.41 Å². The van der Waals surface area contributed by atoms with Gasteiger partial charge in [0.25, 0.3) is 0 Å². The van der Waals surface area contributed by atoms with E-state index in [4.69, 9.17) is 0 Å². The monoisotopic (exact) mass is 180 g/mol. The number of rotatable bonds is 0. The van der Waals surface area contributed by atoms with Gasteiger partial charge < -0.3 is 5.11 Å². The molecule has 1 heteroatoms. The lowest BCUT2D eigenvalue weighted by molar-refractivity contribution is 0.0671. The topological polar surface area (TPSA) is 20.2 Å². The second-order valence-electron chi connectivity index (χ2n) is 5.61. The molecule has 1 N–H and O–H groups in total. The Balaban J connectivity index is 2.38. The number of allylic oxidation sites excluding steroid dienone is 1. The molecule has 2 aliphatic carbocycles. The summed E-state index contributed by atoms with van der Waals surface area (Å²) < 4.78 is 0. The number of aliphatic hydroxyl groups excluding tert-OH is 1. The summed E-state index contributed by atoms with van der Waals surface area (Å²) in [4.78, 5) is 0. The fraction of sp³-hybridized carbons (Fsp3) is 0.833. The molecule has 0 aromatic carbocycles. The highest BCUT2D eigenvalue weighted by Crippen LogP contribution is 2.57. The standard InChI is InChI=1S/C12H20O/c1-11(2)8-10(13)12(3)7-5-4-6-9(11)12/h5,7,9-10,13H,4,6,8H2,1-3H3/t9-,10-,12-/m1/s1. The van der Waals surface area contributed by atoms with E-state index in [-0.39, 0.29) is 11.5 Å². The Morgan fingerprint density at radius 3 is 2.62 bits per heavy atom. The summed E-state index contributed by atoms with van der Waals surface area (Å²) in [6, 6.07) is 0. The summed E-state index contributed by atoms with van der Waals surface area (Å²) >= 11 is 0. The van der Waals surface area contributed by atoms with Crippen LogP contribution in [0.15, 0.2) is 12.2 Å². The molecule has 13 heavy (non-hydrogen) atoms. The van der Waals surface area contributed by atoms with Gasteiger partial charge in [0.15, 0.2) is 0 Å². The summed E-state index contributed by atoms with van der Waals surface area (Å²) in [7, 11) is 0. The Bertz CT molecular complexity index is 242. The first-order chi connectivity index (χ1) is 5.97. The molecule has 0 aliphatic heterocycles. The van der Waals surface area contributed by atoms with Crippen LogP contribution in [0.5, 0.6) is 0 Å². The fourth-order valence-electron chi connectivity index (χ4n) is 3.46. The van der Waals surface area contributed by atoms with Crippen LogP contribution >= 0.6 is 0 Å². The van der Waals surface area contributed by atoms with E-state index in [1.165, 1.54) is 12.8 Å². The third-order valence-corrected chi connectivity index (χ3v) is 4.23. The Labute approximate surface area is 80.8 Å². The summed E-state index contributed by atoms with van der Waals surface area (Å²) in [5.74, 6) is 0.667. The van der Waals surface area contributed by atoms with Crippen molar-refractivity contribution < 1.29 is 5.11 Å². The van der Waals surface area contributed by atoms with Crippen molar-refractivity contribution in [3.8, 4) is 0 Å². The minimum atomic E-state index is -0.135. The lowest BCUT2D eigenvalue weighted by Crippen LogP contribution is -2.34. The average Bonchev–Trinajstić information content (AvgIpc) is 2.20. The first kappa shape index (κ1) is 9.26. The van der Waals surface area contributed by atoms with Crippen molar-refractivity contribution in [2.75, 3.05) is 0 Å². The maximum Gasteiger partial charge on any atom is 0.0636 e. The molecule has 1 saturated carbocycles. The highest BCUT2D eigenvalue weighted by molar-refractivity contribution is 5.16. The van der Waals surface area contributed by atoms with Crippen LogP contribution in [0.3, 0.4) is 0 Å². The predicted molar refractivity (Wildman–Crippen MR) is 54.4 cm³/mol. The predicted octanol–water partition coefficient (Wildman–Crippen LogP) is 2.75. The van der Waals surface area contributed by atoms with Crippen LogP contribution in [-0.2, 0) is 0 Å². The molecule has 74 valence electrons. The van der Waals surface area contributed by atoms with Gasteiger partial charge in [-0.15, -0.1) is 0 Å². The summed E-state index contributed by atoms with van der Waals surface area (Å²) in [5, 5.41) is 10.1. The molecule has 0 bridgehead atoms. The number of hydrogen-bond donors (Lipinski definition) is 1. The summed E-state index contributed by atoms with van der Waals surface area (Å²) in [5.41, 5.74) is 0.376. The van der Waals surface area contributed by atoms with Gasteiger partial charge in [-0.05, 0) is 30.6 Å². The Morgan fingerprint density at radius 2 is 2.00 bits per heavy atom. The van der Waals surface area contributed by atoms with Gasteiger partial charge in [0.2, 0.25) is 0 Å². The highest BCUT2D eigenvalue weighted by Gasteiger charge is 2.54. The minimum absolute atomic E-state index is 0.0573. The van der Waals surface area contributed by atoms with Crippen LogP contribution in [0.2, 0.25) is 0 Å². The van der Waals surface area contributed by atoms with Crippen LogP contribution in [0, 0.1) is 16.7 Å². The van der Waals surface area contributed by atoms with Crippen LogP contribution < -0.4 is 0 Å². The van der Waals surface area contributed by atoms with Crippen molar-refractivity contribution in [1.82, 2.24) is 0 Å². The van der Waals surface area contributed by atoms with Gasteiger partial charge in [0.05, 0.1) is 6.10 Å². The van der Waals surface area contributed by atoms with Gasteiger partial charge in [0.1, 0.15) is 0 Å². The van der Waals surface area contributed by atoms with Crippen molar-refractivity contribution in [1.29, 1.82) is 0 Å². The average molecular weight is 180 g/mol. The third kappa shape index (κ3) is 1.17. The van der Waals surface area contributed by atoms with E-state index in [1.54, 1.807) is 0 Å². The van der Waals surface area contributed by atoms with E-state index in [2.05, 4.69) is 32.9 Å². The molecular weight excluding hydrogens is 160 g/mol. The fourth-order valence-corrected chi connectivity index (χ4v) is 3.46. The lowest BCUT2D eigenvalue weighted by atomic mass is 9.66. The van der Waals surface area contributed by atoms with Crippen LogP contribution in [-0.4, -0.2) is 11.2 Å². The normalized spacial score (nSPS) is 47.7. The SMILES string of the molecule is CC1(C)C[C@@H](O)[C@]2(C)C=CCC[C@H]12. The Hall–Kier alpha value is -0.300. The van der Waals surface area contributed by atoms with E-state index in [1.807, 2.05) is 0 Å². The molecule has 0 saturated heterocycles. The second-order valence-corrected chi connectivity index (χ2v) is 5.61. The van der Waals surface area contributed by atoms with E-state index in [9.17, 15) is 5.11 Å². The summed E-state index contributed by atoms with van der Waals surface area (Å²) in [6.07, 6.45) is 7.75. The van der Waals surface area contributed by atoms with Crippen LogP contribution in [0.1, 0.15) is 40.0 Å². The smallest absolute Gasteiger partial charge is 0.0636 e. The maximum absolute atomic E-state index is 10.1. The molecule has 0 radical (unpaired) electrons. The van der Waals surface area contributed by atoms with E-state index >= 15 is 0 Å². The maximum atomic E-state index is 10.1. The molecular formula is C12H20O. The third-order valence-electron chi connectivity index (χ3n) is 4.23. The molecule has 3 atom stereocenters. The molecule has 1 nitrogen and oxygen atoms in total. The molecule has 0 spiro atoms. The number of aliphatic hydroxyl groups is 1. The van der Waals surface area contributed by atoms with Crippen molar-refractivity contribution in [2.24, 2.45) is 16.7 Å². The minimum Gasteiger partial charge on any atom is -0.392 e. The lowest BCUT2D eigenvalue weighted by Gasteiger charge is -2.39. The Kier molecular flexibility index (Phi) is 1.85. The zero-order chi connectivity index (χ0) is 9.69.